The Bertz CT molecular complexity index is 1700. The minimum Gasteiger partial charge on any atom is -0.459 e. The highest BCUT2D eigenvalue weighted by Gasteiger charge is 2.31. The fraction of sp³-hybridized carbons (Fsp3) is 0.333. The minimum absolute atomic E-state index is 0.0909. The molecule has 3 aromatic carbocycles. The summed E-state index contributed by atoms with van der Waals surface area (Å²) in [6.07, 6.45) is -3.58. The quantitative estimate of drug-likeness (QED) is 0.144. The summed E-state index contributed by atoms with van der Waals surface area (Å²) in [6, 6.07) is 13.9. The molecule has 4 rings (SSSR count). The smallest absolute Gasteiger partial charge is 0.459 e. The van der Waals surface area contributed by atoms with Crippen LogP contribution in [0.4, 0.5) is 23.2 Å². The summed E-state index contributed by atoms with van der Waals surface area (Å²) >= 11 is 0. The van der Waals surface area contributed by atoms with Crippen LogP contribution in [0.3, 0.4) is 0 Å². The summed E-state index contributed by atoms with van der Waals surface area (Å²) in [7, 11) is -4.28. The van der Waals surface area contributed by atoms with Gasteiger partial charge in [-0.2, -0.15) is 0 Å². The van der Waals surface area contributed by atoms with Gasteiger partial charge in [0.1, 0.15) is 29.5 Å². The third-order valence-corrected chi connectivity index (χ3v) is 7.95. The Morgan fingerprint density at radius 1 is 0.977 bits per heavy atom. The summed E-state index contributed by atoms with van der Waals surface area (Å²) in [5.74, 6) is -0.906. The number of anilines is 1. The summed E-state index contributed by atoms with van der Waals surface area (Å²) in [6.45, 7) is 6.91. The van der Waals surface area contributed by atoms with Gasteiger partial charge in [-0.15, -0.1) is 13.2 Å². The van der Waals surface area contributed by atoms with Crippen LogP contribution in [0.15, 0.2) is 71.6 Å². The van der Waals surface area contributed by atoms with Crippen molar-refractivity contribution in [3.8, 4) is 5.75 Å². The largest absolute Gasteiger partial charge is 0.573 e. The van der Waals surface area contributed by atoms with Gasteiger partial charge in [0.05, 0.1) is 28.2 Å². The van der Waals surface area contributed by atoms with Crippen LogP contribution in [0.1, 0.15) is 45.5 Å². The van der Waals surface area contributed by atoms with Crippen LogP contribution in [-0.2, 0) is 39.1 Å². The minimum atomic E-state index is -4.88. The molecule has 0 atom stereocenters. The van der Waals surface area contributed by atoms with Crippen LogP contribution < -0.4 is 9.04 Å². The number of ether oxygens (including phenoxy) is 2. The number of esters is 1. The molecule has 0 radical (unpaired) electrons. The van der Waals surface area contributed by atoms with Crippen molar-refractivity contribution in [2.45, 2.75) is 70.5 Å². The van der Waals surface area contributed by atoms with Crippen LogP contribution in [-0.4, -0.2) is 35.9 Å². The van der Waals surface area contributed by atoms with E-state index in [0.717, 1.165) is 47.1 Å². The first-order chi connectivity index (χ1) is 20.1. The van der Waals surface area contributed by atoms with Gasteiger partial charge in [0, 0.05) is 6.42 Å². The number of imidazole rings is 1. The number of carbonyl (C=O) groups is 1. The Hall–Kier alpha value is -4.13. The third kappa shape index (κ3) is 8.04. The van der Waals surface area contributed by atoms with E-state index in [4.69, 9.17) is 4.74 Å². The number of aromatic nitrogens is 2. The lowest BCUT2D eigenvalue weighted by Gasteiger charge is -2.25. The molecular weight excluding hydrogens is 590 g/mol. The first kappa shape index (κ1) is 31.8. The summed E-state index contributed by atoms with van der Waals surface area (Å²) in [4.78, 5) is 17.1. The van der Waals surface area contributed by atoms with Crippen molar-refractivity contribution in [1.29, 1.82) is 0 Å². The molecular formula is C30H31F4N3O5S. The molecule has 0 spiro atoms. The molecule has 0 saturated carbocycles. The number of carbonyl (C=O) groups excluding carboxylic acids is 1. The highest BCUT2D eigenvalue weighted by atomic mass is 32.2. The van der Waals surface area contributed by atoms with E-state index in [1.807, 2.05) is 6.92 Å². The monoisotopic (exact) mass is 621 g/mol. The molecule has 1 heterocycles. The second-order valence-corrected chi connectivity index (χ2v) is 12.6. The van der Waals surface area contributed by atoms with Crippen molar-refractivity contribution in [3.63, 3.8) is 0 Å². The molecule has 0 unspecified atom stereocenters. The lowest BCUT2D eigenvalue weighted by atomic mass is 10.2. The van der Waals surface area contributed by atoms with E-state index >= 15 is 0 Å². The molecule has 0 aliphatic carbocycles. The molecule has 8 nitrogen and oxygen atoms in total. The average Bonchev–Trinajstić information content (AvgIpc) is 3.22. The summed E-state index contributed by atoms with van der Waals surface area (Å²) in [5, 5.41) is 0. The summed E-state index contributed by atoms with van der Waals surface area (Å²) < 4.78 is 91.4. The maximum atomic E-state index is 13.8. The SMILES string of the molecule is CCCc1nc2cc(N(Cc3ccc(OC(F)(F)F)cc3)S(=O)(=O)c3ccc(F)cc3)ccc2n1CC(=O)OC(C)(C)C. The second-order valence-electron chi connectivity index (χ2n) is 10.8. The first-order valence-electron chi connectivity index (χ1n) is 13.4. The van der Waals surface area contributed by atoms with Crippen molar-refractivity contribution in [1.82, 2.24) is 9.55 Å². The molecule has 0 amide bonds. The zero-order chi connectivity index (χ0) is 31.6. The molecule has 1 aromatic heterocycles. The Kier molecular flexibility index (Phi) is 9.05. The number of sulfonamides is 1. The molecule has 230 valence electrons. The number of nitrogens with zero attached hydrogens (tertiary/aromatic N) is 3. The third-order valence-electron chi connectivity index (χ3n) is 6.16. The standard InChI is InChI=1S/C30H31F4N3O5S/c1-5-6-27-35-25-17-22(11-16-26(25)36(27)19-28(38)42-29(2,3)4)37(43(39,40)24-14-9-21(31)10-15-24)18-20-7-12-23(13-8-20)41-30(32,33)34/h7-17H,5-6,18-19H2,1-4H3. The van der Waals surface area contributed by atoms with E-state index in [0.29, 0.717) is 28.8 Å². The van der Waals surface area contributed by atoms with Gasteiger partial charge in [0.15, 0.2) is 0 Å². The van der Waals surface area contributed by atoms with Crippen LogP contribution in [0, 0.1) is 5.82 Å². The number of rotatable bonds is 10. The molecule has 0 aliphatic rings. The predicted molar refractivity (Wildman–Crippen MR) is 152 cm³/mol. The molecule has 13 heteroatoms. The average molecular weight is 622 g/mol. The number of fused-ring (bicyclic) bond motifs is 1. The Morgan fingerprint density at radius 2 is 1.63 bits per heavy atom. The van der Waals surface area contributed by atoms with Gasteiger partial charge < -0.3 is 14.0 Å². The maximum absolute atomic E-state index is 13.8. The molecule has 0 fully saturated rings. The van der Waals surface area contributed by atoms with Gasteiger partial charge in [-0.1, -0.05) is 19.1 Å². The Morgan fingerprint density at radius 3 is 2.21 bits per heavy atom. The second kappa shape index (κ2) is 12.2. The first-order valence-corrected chi connectivity index (χ1v) is 14.8. The van der Waals surface area contributed by atoms with Crippen molar-refractivity contribution in [3.05, 3.63) is 83.9 Å². The van der Waals surface area contributed by atoms with Gasteiger partial charge >= 0.3 is 12.3 Å². The highest BCUT2D eigenvalue weighted by molar-refractivity contribution is 7.92. The molecule has 0 saturated heterocycles. The lowest BCUT2D eigenvalue weighted by Crippen LogP contribution is -2.30. The van der Waals surface area contributed by atoms with Crippen molar-refractivity contribution >= 4 is 32.7 Å². The van der Waals surface area contributed by atoms with Crippen molar-refractivity contribution in [2.24, 2.45) is 0 Å². The number of hydrogen-bond donors (Lipinski definition) is 0. The fourth-order valence-corrected chi connectivity index (χ4v) is 5.87. The van der Waals surface area contributed by atoms with Crippen molar-refractivity contribution in [2.75, 3.05) is 4.31 Å². The van der Waals surface area contributed by atoms with Gasteiger partial charge in [0.25, 0.3) is 10.0 Å². The number of halogens is 4. The summed E-state index contributed by atoms with van der Waals surface area (Å²) in [5.41, 5.74) is 0.904. The van der Waals surface area contributed by atoms with Crippen LogP contribution in [0.5, 0.6) is 5.75 Å². The number of aryl methyl sites for hydroxylation is 1. The van der Waals surface area contributed by atoms with E-state index in [-0.39, 0.29) is 23.7 Å². The molecule has 0 bridgehead atoms. The number of alkyl halides is 3. The molecule has 0 N–H and O–H groups in total. The predicted octanol–water partition coefficient (Wildman–Crippen LogP) is 6.76. The Labute approximate surface area is 246 Å². The van der Waals surface area contributed by atoms with Crippen LogP contribution >= 0.6 is 0 Å². The van der Waals surface area contributed by atoms with Crippen LogP contribution in [0.25, 0.3) is 11.0 Å². The molecule has 0 aliphatic heterocycles. The van der Waals surface area contributed by atoms with E-state index < -0.39 is 39.5 Å². The topological polar surface area (TPSA) is 90.7 Å². The van der Waals surface area contributed by atoms with Gasteiger partial charge in [-0.3, -0.25) is 9.10 Å². The van der Waals surface area contributed by atoms with E-state index in [1.54, 1.807) is 43.5 Å². The number of benzene rings is 3. The maximum Gasteiger partial charge on any atom is 0.573 e. The zero-order valence-corrected chi connectivity index (χ0v) is 24.8. The van der Waals surface area contributed by atoms with E-state index in [9.17, 15) is 30.8 Å². The fourth-order valence-electron chi connectivity index (χ4n) is 4.43. The molecule has 43 heavy (non-hydrogen) atoms. The van der Waals surface area contributed by atoms with Gasteiger partial charge in [-0.05, 0) is 87.4 Å². The normalized spacial score (nSPS) is 12.4. The van der Waals surface area contributed by atoms with E-state index in [1.165, 1.54) is 12.1 Å². The zero-order valence-electron chi connectivity index (χ0n) is 24.0. The van der Waals surface area contributed by atoms with Crippen molar-refractivity contribution < 1.29 is 40.2 Å². The highest BCUT2D eigenvalue weighted by Crippen LogP contribution is 2.31. The number of hydrogen-bond acceptors (Lipinski definition) is 6. The van der Waals surface area contributed by atoms with Crippen LogP contribution in [0.2, 0.25) is 0 Å². The lowest BCUT2D eigenvalue weighted by molar-refractivity contribution is -0.274. The molecule has 4 aromatic rings. The van der Waals surface area contributed by atoms with Gasteiger partial charge in [-0.25, -0.2) is 17.8 Å². The Balaban J connectivity index is 1.77. The van der Waals surface area contributed by atoms with Gasteiger partial charge in [0.2, 0.25) is 0 Å². The van der Waals surface area contributed by atoms with E-state index in [2.05, 4.69) is 9.72 Å².